The van der Waals surface area contributed by atoms with E-state index in [1.54, 1.807) is 17.6 Å². The molecule has 0 saturated heterocycles. The molecule has 3 nitrogen and oxygen atoms in total. The lowest BCUT2D eigenvalue weighted by Gasteiger charge is -2.09. The fourth-order valence-electron chi connectivity index (χ4n) is 1.22. The summed E-state index contributed by atoms with van der Waals surface area (Å²) in [7, 11) is 0. The van der Waals surface area contributed by atoms with Crippen LogP contribution in [0.3, 0.4) is 0 Å². The van der Waals surface area contributed by atoms with Crippen LogP contribution in [0.25, 0.3) is 0 Å². The highest BCUT2D eigenvalue weighted by molar-refractivity contribution is 7.07. The predicted octanol–water partition coefficient (Wildman–Crippen LogP) is 2.59. The fourth-order valence-corrected chi connectivity index (χ4v) is 1.78. The van der Waals surface area contributed by atoms with Crippen LogP contribution in [0.4, 0.5) is 0 Å². The van der Waals surface area contributed by atoms with Crippen molar-refractivity contribution in [1.29, 1.82) is 0 Å². The van der Waals surface area contributed by atoms with Crippen LogP contribution in [-0.2, 0) is 6.54 Å². The predicted molar refractivity (Wildman–Crippen MR) is 56.1 cm³/mol. The Bertz CT molecular complexity index is 355. The number of furan rings is 1. The number of nitrogens with zero attached hydrogens (tertiary/aromatic N) is 1. The number of aromatic nitrogens is 1. The second-order valence-corrected chi connectivity index (χ2v) is 3.82. The number of hydrogen-bond acceptors (Lipinski definition) is 4. The first-order valence-corrected chi connectivity index (χ1v) is 5.44. The maximum Gasteiger partial charge on any atom is 0.120 e. The van der Waals surface area contributed by atoms with Crippen molar-refractivity contribution in [2.45, 2.75) is 19.5 Å². The number of rotatable bonds is 4. The van der Waals surface area contributed by atoms with Gasteiger partial charge in [0.1, 0.15) is 5.76 Å². The van der Waals surface area contributed by atoms with Crippen molar-refractivity contribution in [3.05, 3.63) is 40.7 Å². The molecule has 14 heavy (non-hydrogen) atoms. The van der Waals surface area contributed by atoms with Gasteiger partial charge in [-0.05, 0) is 19.1 Å². The highest BCUT2D eigenvalue weighted by Gasteiger charge is 2.07. The molecule has 1 N–H and O–H groups in total. The third-order valence-corrected chi connectivity index (χ3v) is 2.68. The lowest BCUT2D eigenvalue weighted by atomic mass is 10.2. The average Bonchev–Trinajstić information content (AvgIpc) is 2.87. The summed E-state index contributed by atoms with van der Waals surface area (Å²) >= 11 is 1.61. The normalized spacial score (nSPS) is 12.9. The van der Waals surface area contributed by atoms with E-state index in [-0.39, 0.29) is 6.04 Å². The van der Waals surface area contributed by atoms with Gasteiger partial charge in [-0.15, -0.1) is 11.3 Å². The molecular formula is C10H12N2OS. The second kappa shape index (κ2) is 4.39. The molecule has 0 aliphatic carbocycles. The van der Waals surface area contributed by atoms with E-state index in [9.17, 15) is 0 Å². The highest BCUT2D eigenvalue weighted by atomic mass is 32.1. The van der Waals surface area contributed by atoms with E-state index in [0.717, 1.165) is 18.0 Å². The van der Waals surface area contributed by atoms with Crippen LogP contribution in [0, 0.1) is 0 Å². The zero-order valence-electron chi connectivity index (χ0n) is 7.93. The Hall–Kier alpha value is -1.13. The third-order valence-electron chi connectivity index (χ3n) is 2.04. The van der Waals surface area contributed by atoms with Gasteiger partial charge in [0.15, 0.2) is 0 Å². The minimum Gasteiger partial charge on any atom is -0.468 e. The van der Waals surface area contributed by atoms with Crippen LogP contribution in [0.2, 0.25) is 0 Å². The van der Waals surface area contributed by atoms with E-state index in [1.165, 1.54) is 0 Å². The fraction of sp³-hybridized carbons (Fsp3) is 0.300. The summed E-state index contributed by atoms with van der Waals surface area (Å²) < 4.78 is 5.28. The summed E-state index contributed by atoms with van der Waals surface area (Å²) in [5.41, 5.74) is 2.92. The topological polar surface area (TPSA) is 38.1 Å². The molecular weight excluding hydrogens is 196 g/mol. The summed E-state index contributed by atoms with van der Waals surface area (Å²) in [6, 6.07) is 4.10. The van der Waals surface area contributed by atoms with E-state index >= 15 is 0 Å². The Labute approximate surface area is 86.8 Å². The van der Waals surface area contributed by atoms with Crippen molar-refractivity contribution in [2.75, 3.05) is 0 Å². The molecule has 2 aromatic rings. The first-order chi connectivity index (χ1) is 6.86. The Morgan fingerprint density at radius 1 is 1.64 bits per heavy atom. The molecule has 0 saturated carbocycles. The number of nitrogens with one attached hydrogen (secondary N) is 1. The molecule has 4 heteroatoms. The van der Waals surface area contributed by atoms with Gasteiger partial charge >= 0.3 is 0 Å². The molecule has 74 valence electrons. The van der Waals surface area contributed by atoms with E-state index in [0.29, 0.717) is 0 Å². The van der Waals surface area contributed by atoms with Crippen molar-refractivity contribution in [3.63, 3.8) is 0 Å². The molecule has 2 heterocycles. The third kappa shape index (κ3) is 2.21. The van der Waals surface area contributed by atoms with Gasteiger partial charge in [0.25, 0.3) is 0 Å². The van der Waals surface area contributed by atoms with Gasteiger partial charge in [-0.25, -0.2) is 4.98 Å². The summed E-state index contributed by atoms with van der Waals surface area (Å²) in [5, 5.41) is 5.38. The molecule has 0 aromatic carbocycles. The van der Waals surface area contributed by atoms with Gasteiger partial charge in [0, 0.05) is 11.9 Å². The van der Waals surface area contributed by atoms with Gasteiger partial charge in [-0.2, -0.15) is 0 Å². The molecule has 0 amide bonds. The van der Waals surface area contributed by atoms with E-state index < -0.39 is 0 Å². The summed E-state index contributed by atoms with van der Waals surface area (Å²) in [4.78, 5) is 4.19. The minimum absolute atomic E-state index is 0.228. The number of thiazole rings is 1. The SMILES string of the molecule is C[C@@H](NCc1cscn1)c1ccco1. The maximum absolute atomic E-state index is 5.28. The molecule has 0 spiro atoms. The Morgan fingerprint density at radius 2 is 2.57 bits per heavy atom. The minimum atomic E-state index is 0.228. The molecule has 0 unspecified atom stereocenters. The molecule has 0 aliphatic heterocycles. The lowest BCUT2D eigenvalue weighted by Crippen LogP contribution is -2.17. The van der Waals surface area contributed by atoms with Gasteiger partial charge in [0.05, 0.1) is 23.5 Å². The quantitative estimate of drug-likeness (QED) is 0.839. The van der Waals surface area contributed by atoms with Crippen LogP contribution in [0.5, 0.6) is 0 Å². The van der Waals surface area contributed by atoms with Gasteiger partial charge in [0.2, 0.25) is 0 Å². The Balaban J connectivity index is 1.87. The van der Waals surface area contributed by atoms with Crippen LogP contribution in [-0.4, -0.2) is 4.98 Å². The summed E-state index contributed by atoms with van der Waals surface area (Å²) in [6.07, 6.45) is 1.69. The molecule has 0 radical (unpaired) electrons. The van der Waals surface area contributed by atoms with E-state index in [2.05, 4.69) is 17.2 Å². The molecule has 0 aliphatic rings. The van der Waals surface area contributed by atoms with Crippen LogP contribution in [0.1, 0.15) is 24.4 Å². The van der Waals surface area contributed by atoms with Crippen LogP contribution < -0.4 is 5.32 Å². The smallest absolute Gasteiger partial charge is 0.120 e. The average molecular weight is 208 g/mol. The van der Waals surface area contributed by atoms with E-state index in [1.807, 2.05) is 23.0 Å². The summed E-state index contributed by atoms with van der Waals surface area (Å²) in [6.45, 7) is 2.86. The van der Waals surface area contributed by atoms with Crippen molar-refractivity contribution >= 4 is 11.3 Å². The van der Waals surface area contributed by atoms with Gasteiger partial charge in [-0.3, -0.25) is 0 Å². The van der Waals surface area contributed by atoms with Gasteiger partial charge < -0.3 is 9.73 Å². The monoisotopic (exact) mass is 208 g/mol. The lowest BCUT2D eigenvalue weighted by molar-refractivity contribution is 0.429. The van der Waals surface area contributed by atoms with E-state index in [4.69, 9.17) is 4.42 Å². The molecule has 1 atom stereocenters. The van der Waals surface area contributed by atoms with Gasteiger partial charge in [-0.1, -0.05) is 0 Å². The first kappa shape index (κ1) is 9.43. The molecule has 0 bridgehead atoms. The summed E-state index contributed by atoms with van der Waals surface area (Å²) in [5.74, 6) is 0.959. The second-order valence-electron chi connectivity index (χ2n) is 3.10. The first-order valence-electron chi connectivity index (χ1n) is 4.50. The zero-order chi connectivity index (χ0) is 9.80. The molecule has 2 aromatic heterocycles. The van der Waals surface area contributed by atoms with Crippen molar-refractivity contribution in [1.82, 2.24) is 10.3 Å². The number of hydrogen-bond donors (Lipinski definition) is 1. The Morgan fingerprint density at radius 3 is 3.21 bits per heavy atom. The van der Waals surface area contributed by atoms with Crippen LogP contribution >= 0.6 is 11.3 Å². The standard InChI is InChI=1S/C10H12N2OS/c1-8(10-3-2-4-13-10)11-5-9-6-14-7-12-9/h2-4,6-8,11H,5H2,1H3/t8-/m1/s1. The molecule has 2 rings (SSSR count). The van der Waals surface area contributed by atoms with Crippen molar-refractivity contribution < 1.29 is 4.42 Å². The zero-order valence-corrected chi connectivity index (χ0v) is 8.75. The largest absolute Gasteiger partial charge is 0.468 e. The van der Waals surface area contributed by atoms with Crippen molar-refractivity contribution in [3.8, 4) is 0 Å². The highest BCUT2D eigenvalue weighted by Crippen LogP contribution is 2.12. The maximum atomic E-state index is 5.28. The molecule has 0 fully saturated rings. The van der Waals surface area contributed by atoms with Crippen LogP contribution in [0.15, 0.2) is 33.7 Å². The Kier molecular flexibility index (Phi) is 2.96. The van der Waals surface area contributed by atoms with Crippen molar-refractivity contribution in [2.24, 2.45) is 0 Å².